The molecule has 0 fully saturated rings. The monoisotopic (exact) mass is 581 g/mol. The first-order valence-corrected chi connectivity index (χ1v) is 14.9. The Morgan fingerprint density at radius 3 is 2.10 bits per heavy atom. The zero-order chi connectivity index (χ0) is 30.2. The summed E-state index contributed by atoms with van der Waals surface area (Å²) in [6.07, 6.45) is 0.499. The van der Waals surface area contributed by atoms with Crippen LogP contribution in [0.4, 0.5) is 5.69 Å². The number of anilines is 1. The van der Waals surface area contributed by atoms with Gasteiger partial charge in [0, 0.05) is 18.7 Å². The van der Waals surface area contributed by atoms with Gasteiger partial charge in [0.15, 0.2) is 11.5 Å². The van der Waals surface area contributed by atoms with Gasteiger partial charge in [-0.15, -0.1) is 0 Å². The van der Waals surface area contributed by atoms with Gasteiger partial charge < -0.3 is 19.7 Å². The fourth-order valence-corrected chi connectivity index (χ4v) is 5.75. The van der Waals surface area contributed by atoms with Crippen molar-refractivity contribution in [1.82, 2.24) is 10.2 Å². The fraction of sp³-hybridized carbons (Fsp3) is 0.355. The van der Waals surface area contributed by atoms with Gasteiger partial charge in [-0.05, 0) is 63.9 Å². The van der Waals surface area contributed by atoms with E-state index in [0.29, 0.717) is 17.9 Å². The molecule has 2 amide bonds. The van der Waals surface area contributed by atoms with Gasteiger partial charge in [-0.1, -0.05) is 48.0 Å². The number of aryl methyl sites for hydroxylation is 1. The molecule has 41 heavy (non-hydrogen) atoms. The van der Waals surface area contributed by atoms with Crippen LogP contribution < -0.4 is 19.1 Å². The molecular weight excluding hydrogens is 542 g/mol. The van der Waals surface area contributed by atoms with Crippen LogP contribution in [0.1, 0.15) is 31.9 Å². The van der Waals surface area contributed by atoms with Crippen LogP contribution >= 0.6 is 0 Å². The Labute approximate surface area is 243 Å². The van der Waals surface area contributed by atoms with E-state index in [9.17, 15) is 18.0 Å². The third kappa shape index (κ3) is 8.00. The average Bonchev–Trinajstić information content (AvgIpc) is 2.96. The van der Waals surface area contributed by atoms with Gasteiger partial charge in [0.25, 0.3) is 10.0 Å². The van der Waals surface area contributed by atoms with Gasteiger partial charge in [-0.3, -0.25) is 13.9 Å². The number of nitrogens with zero attached hydrogens (tertiary/aromatic N) is 2. The van der Waals surface area contributed by atoms with Crippen LogP contribution in [0.3, 0.4) is 0 Å². The van der Waals surface area contributed by atoms with E-state index < -0.39 is 28.5 Å². The first-order chi connectivity index (χ1) is 19.5. The molecule has 0 bridgehead atoms. The van der Waals surface area contributed by atoms with E-state index in [1.807, 2.05) is 51.1 Å². The summed E-state index contributed by atoms with van der Waals surface area (Å²) in [6, 6.07) is 19.8. The highest BCUT2D eigenvalue weighted by Gasteiger charge is 2.33. The lowest BCUT2D eigenvalue weighted by atomic mass is 10.1. The summed E-state index contributed by atoms with van der Waals surface area (Å²) in [5.41, 5.74) is 2.25. The summed E-state index contributed by atoms with van der Waals surface area (Å²) in [7, 11) is -1.35. The third-order valence-corrected chi connectivity index (χ3v) is 8.40. The SMILES string of the molecule is COc1ccc(S(=O)(=O)N(CC(=O)N(CCc2ccccc2)C(C)C(=O)NC(C)C)c2ccc(C)cc2)cc1OC. The van der Waals surface area contributed by atoms with Gasteiger partial charge in [0.1, 0.15) is 12.6 Å². The second-order valence-electron chi connectivity index (χ2n) is 10.0. The molecule has 1 unspecified atom stereocenters. The minimum Gasteiger partial charge on any atom is -0.493 e. The maximum atomic E-state index is 14.1. The maximum absolute atomic E-state index is 14.1. The molecular formula is C31H39N3O6S. The number of benzene rings is 3. The smallest absolute Gasteiger partial charge is 0.264 e. The molecule has 0 radical (unpaired) electrons. The summed E-state index contributed by atoms with van der Waals surface area (Å²) < 4.78 is 39.8. The number of nitrogens with one attached hydrogen (secondary N) is 1. The molecule has 1 atom stereocenters. The molecule has 220 valence electrons. The zero-order valence-electron chi connectivity index (χ0n) is 24.5. The summed E-state index contributed by atoms with van der Waals surface area (Å²) in [4.78, 5) is 28.3. The van der Waals surface area contributed by atoms with Crippen LogP contribution in [0.25, 0.3) is 0 Å². The van der Waals surface area contributed by atoms with Crippen molar-refractivity contribution in [3.05, 3.63) is 83.9 Å². The first kappa shape index (κ1) is 31.5. The van der Waals surface area contributed by atoms with E-state index in [-0.39, 0.29) is 29.1 Å². The van der Waals surface area contributed by atoms with Crippen molar-refractivity contribution in [1.29, 1.82) is 0 Å². The molecule has 3 aromatic carbocycles. The average molecular weight is 582 g/mol. The van der Waals surface area contributed by atoms with Crippen molar-refractivity contribution in [3.63, 3.8) is 0 Å². The van der Waals surface area contributed by atoms with Gasteiger partial charge in [0.05, 0.1) is 24.8 Å². The normalized spacial score (nSPS) is 12.0. The summed E-state index contributed by atoms with van der Waals surface area (Å²) in [6.45, 7) is 6.95. The van der Waals surface area contributed by atoms with Crippen molar-refractivity contribution in [2.75, 3.05) is 31.6 Å². The molecule has 10 heteroatoms. The van der Waals surface area contributed by atoms with Gasteiger partial charge >= 0.3 is 0 Å². The van der Waals surface area contributed by atoms with Crippen molar-refractivity contribution in [3.8, 4) is 11.5 Å². The summed E-state index contributed by atoms with van der Waals surface area (Å²) >= 11 is 0. The second-order valence-corrected chi connectivity index (χ2v) is 11.9. The maximum Gasteiger partial charge on any atom is 0.264 e. The molecule has 0 saturated carbocycles. The minimum atomic E-state index is -4.24. The van der Waals surface area contributed by atoms with Crippen molar-refractivity contribution >= 4 is 27.5 Å². The number of hydrogen-bond donors (Lipinski definition) is 1. The quantitative estimate of drug-likeness (QED) is 0.325. The fourth-order valence-electron chi connectivity index (χ4n) is 4.32. The van der Waals surface area contributed by atoms with Crippen molar-refractivity contribution < 1.29 is 27.5 Å². The number of ether oxygens (including phenoxy) is 2. The molecule has 0 heterocycles. The Morgan fingerprint density at radius 1 is 0.878 bits per heavy atom. The lowest BCUT2D eigenvalue weighted by Gasteiger charge is -2.32. The molecule has 3 rings (SSSR count). The number of amides is 2. The predicted molar refractivity (Wildman–Crippen MR) is 160 cm³/mol. The van der Waals surface area contributed by atoms with Gasteiger partial charge in [0.2, 0.25) is 11.8 Å². The molecule has 9 nitrogen and oxygen atoms in total. The minimum absolute atomic E-state index is 0.0649. The van der Waals surface area contributed by atoms with Crippen LogP contribution in [-0.2, 0) is 26.0 Å². The highest BCUT2D eigenvalue weighted by atomic mass is 32.2. The van der Waals surface area contributed by atoms with Crippen LogP contribution in [0, 0.1) is 6.92 Å². The van der Waals surface area contributed by atoms with Crippen LogP contribution in [0.5, 0.6) is 11.5 Å². The molecule has 0 aliphatic carbocycles. The molecule has 3 aromatic rings. The molecule has 1 N–H and O–H groups in total. The number of carbonyl (C=O) groups excluding carboxylic acids is 2. The highest BCUT2D eigenvalue weighted by Crippen LogP contribution is 2.32. The standard InChI is InChI=1S/C31H39N3O6S/c1-22(2)32-31(36)24(4)33(19-18-25-10-8-7-9-11-25)30(35)21-34(26-14-12-23(3)13-15-26)41(37,38)27-16-17-28(39-5)29(20-27)40-6/h7-17,20,22,24H,18-19,21H2,1-6H3,(H,32,36). The zero-order valence-corrected chi connectivity index (χ0v) is 25.3. The molecule has 0 saturated heterocycles. The Balaban J connectivity index is 2.02. The largest absolute Gasteiger partial charge is 0.493 e. The number of carbonyl (C=O) groups is 2. The van der Waals surface area contributed by atoms with E-state index in [4.69, 9.17) is 9.47 Å². The Morgan fingerprint density at radius 2 is 1.51 bits per heavy atom. The topological polar surface area (TPSA) is 105 Å². The van der Waals surface area contributed by atoms with E-state index in [0.717, 1.165) is 15.4 Å². The first-order valence-electron chi connectivity index (χ1n) is 13.4. The van der Waals surface area contributed by atoms with E-state index in [2.05, 4.69) is 5.32 Å². The molecule has 0 aliphatic rings. The lowest BCUT2D eigenvalue weighted by Crippen LogP contribution is -2.53. The van der Waals surface area contributed by atoms with E-state index in [1.54, 1.807) is 31.2 Å². The molecule has 0 aromatic heterocycles. The number of sulfonamides is 1. The summed E-state index contributed by atoms with van der Waals surface area (Å²) in [5.74, 6) is -0.197. The lowest BCUT2D eigenvalue weighted by molar-refractivity contribution is -0.139. The van der Waals surface area contributed by atoms with Crippen LogP contribution in [0.15, 0.2) is 77.7 Å². The Kier molecular flexibility index (Phi) is 10.8. The van der Waals surface area contributed by atoms with E-state index >= 15 is 0 Å². The van der Waals surface area contributed by atoms with Crippen LogP contribution in [-0.4, -0.2) is 64.5 Å². The van der Waals surface area contributed by atoms with Crippen molar-refractivity contribution in [2.45, 2.75) is 51.1 Å². The van der Waals surface area contributed by atoms with Crippen molar-refractivity contribution in [2.24, 2.45) is 0 Å². The van der Waals surface area contributed by atoms with Gasteiger partial charge in [-0.25, -0.2) is 8.42 Å². The molecule has 0 aliphatic heterocycles. The van der Waals surface area contributed by atoms with Gasteiger partial charge in [-0.2, -0.15) is 0 Å². The highest BCUT2D eigenvalue weighted by molar-refractivity contribution is 7.92. The number of methoxy groups -OCH3 is 2. The van der Waals surface area contributed by atoms with E-state index in [1.165, 1.54) is 37.3 Å². The van der Waals surface area contributed by atoms with Crippen LogP contribution in [0.2, 0.25) is 0 Å². The Hall–Kier alpha value is -4.05. The number of hydrogen-bond acceptors (Lipinski definition) is 6. The Bertz CT molecular complexity index is 1430. The predicted octanol–water partition coefficient (Wildman–Crippen LogP) is 4.19. The number of rotatable bonds is 13. The molecule has 0 spiro atoms. The summed E-state index contributed by atoms with van der Waals surface area (Å²) in [5, 5.41) is 2.86. The second kappa shape index (κ2) is 14.0. The third-order valence-electron chi connectivity index (χ3n) is 6.63.